The first-order chi connectivity index (χ1) is 20.2. The van der Waals surface area contributed by atoms with Gasteiger partial charge in [0.1, 0.15) is 11.2 Å². The molecule has 0 spiro atoms. The van der Waals surface area contributed by atoms with E-state index < -0.39 is 0 Å². The highest BCUT2D eigenvalue weighted by atomic mass is 35.5. The smallest absolute Gasteiger partial charge is 0.262 e. The van der Waals surface area contributed by atoms with Crippen molar-refractivity contribution in [3.05, 3.63) is 117 Å². The summed E-state index contributed by atoms with van der Waals surface area (Å²) in [6.45, 7) is 6.33. The number of thioether (sulfide) groups is 1. The molecule has 0 atom stereocenters. The van der Waals surface area contributed by atoms with Gasteiger partial charge < -0.3 is 4.90 Å². The van der Waals surface area contributed by atoms with Crippen molar-refractivity contribution in [1.82, 2.24) is 0 Å². The van der Waals surface area contributed by atoms with Crippen molar-refractivity contribution < 1.29 is 4.57 Å². The average Bonchev–Trinajstić information content (AvgIpc) is 3.57. The van der Waals surface area contributed by atoms with Gasteiger partial charge in [0.05, 0.1) is 16.1 Å². The summed E-state index contributed by atoms with van der Waals surface area (Å²) in [7, 11) is 0. The van der Waals surface area contributed by atoms with Crippen molar-refractivity contribution in [2.45, 2.75) is 44.6 Å². The minimum absolute atomic E-state index is 0.910. The van der Waals surface area contributed by atoms with E-state index in [1.54, 1.807) is 0 Å². The number of hydrogen-bond donors (Lipinski definition) is 0. The second-order valence-corrected chi connectivity index (χ2v) is 13.0. The Morgan fingerprint density at radius 1 is 0.854 bits per heavy atom. The van der Waals surface area contributed by atoms with Crippen LogP contribution in [0.2, 0.25) is 0 Å². The van der Waals surface area contributed by atoms with Crippen LogP contribution in [0.15, 0.2) is 117 Å². The van der Waals surface area contributed by atoms with Gasteiger partial charge in [0.25, 0.3) is 5.01 Å². The highest BCUT2D eigenvalue weighted by Crippen LogP contribution is 2.49. The number of halogens is 1. The van der Waals surface area contributed by atoms with Crippen molar-refractivity contribution in [2.24, 2.45) is 0 Å². The van der Waals surface area contributed by atoms with Crippen LogP contribution in [0.1, 0.15) is 38.1 Å². The van der Waals surface area contributed by atoms with E-state index in [0.717, 1.165) is 37.4 Å². The topological polar surface area (TPSA) is 7.12 Å². The third-order valence-electron chi connectivity index (χ3n) is 8.17. The third-order valence-corrected chi connectivity index (χ3v) is 10.9. The van der Waals surface area contributed by atoms with E-state index >= 15 is 0 Å². The maximum atomic E-state index is 7.08. The molecule has 5 aromatic rings. The number of anilines is 1. The SMILES string of the molecule is CCN1/C(=C/C=C2\CCCC(/C=C/c3sc4ccc5ccccc5c4[n+]3CC)=C2Cl)Sc2ccc3ccccc3c21. The maximum Gasteiger partial charge on any atom is 0.262 e. The molecule has 0 amide bonds. The number of allylic oxidation sites excluding steroid dienone is 6. The number of hydrogen-bond acceptors (Lipinski definition) is 3. The fraction of sp³-hybridized carbons (Fsp3) is 0.194. The molecule has 4 aromatic carbocycles. The van der Waals surface area contributed by atoms with Crippen LogP contribution in [-0.4, -0.2) is 6.54 Å². The number of fused-ring (bicyclic) bond motifs is 6. The first-order valence-electron chi connectivity index (χ1n) is 14.5. The zero-order valence-electron chi connectivity index (χ0n) is 23.4. The summed E-state index contributed by atoms with van der Waals surface area (Å²) in [5, 5.41) is 8.65. The van der Waals surface area contributed by atoms with E-state index in [0.29, 0.717) is 0 Å². The number of thiazole rings is 1. The molecule has 0 bridgehead atoms. The van der Waals surface area contributed by atoms with Gasteiger partial charge in [-0.15, -0.1) is 0 Å². The zero-order valence-corrected chi connectivity index (χ0v) is 25.8. The molecule has 204 valence electrons. The van der Waals surface area contributed by atoms with Gasteiger partial charge in [-0.25, -0.2) is 0 Å². The molecule has 5 heteroatoms. The molecular weight excluding hydrogens is 560 g/mol. The van der Waals surface area contributed by atoms with Gasteiger partial charge in [-0.2, -0.15) is 4.57 Å². The highest BCUT2D eigenvalue weighted by Gasteiger charge is 2.26. The molecule has 41 heavy (non-hydrogen) atoms. The van der Waals surface area contributed by atoms with E-state index in [1.807, 2.05) is 23.1 Å². The normalized spacial score (nSPS) is 17.8. The van der Waals surface area contributed by atoms with E-state index in [9.17, 15) is 0 Å². The Hall–Kier alpha value is -3.31. The molecule has 0 N–H and O–H groups in total. The summed E-state index contributed by atoms with van der Waals surface area (Å²) >= 11 is 10.8. The van der Waals surface area contributed by atoms with Crippen molar-refractivity contribution in [1.29, 1.82) is 0 Å². The van der Waals surface area contributed by atoms with Crippen molar-refractivity contribution >= 4 is 78.2 Å². The fourth-order valence-corrected chi connectivity index (χ4v) is 8.78. The van der Waals surface area contributed by atoms with E-state index in [2.05, 4.69) is 120 Å². The minimum atomic E-state index is 0.910. The van der Waals surface area contributed by atoms with Gasteiger partial charge in [0, 0.05) is 27.9 Å². The van der Waals surface area contributed by atoms with Crippen LogP contribution >= 0.6 is 34.7 Å². The van der Waals surface area contributed by atoms with Crippen LogP contribution in [0.25, 0.3) is 37.8 Å². The average molecular weight is 592 g/mol. The highest BCUT2D eigenvalue weighted by molar-refractivity contribution is 8.03. The van der Waals surface area contributed by atoms with Crippen LogP contribution in [0.5, 0.6) is 0 Å². The molecule has 0 saturated heterocycles. The molecule has 0 fully saturated rings. The van der Waals surface area contributed by atoms with Gasteiger partial charge in [0.2, 0.25) is 5.52 Å². The Labute approximate surface area is 254 Å². The predicted octanol–water partition coefficient (Wildman–Crippen LogP) is 10.6. The van der Waals surface area contributed by atoms with E-state index in [4.69, 9.17) is 11.6 Å². The van der Waals surface area contributed by atoms with Crippen LogP contribution in [0, 0.1) is 0 Å². The molecule has 0 radical (unpaired) electrons. The lowest BCUT2D eigenvalue weighted by Gasteiger charge is -2.20. The van der Waals surface area contributed by atoms with Crippen LogP contribution in [0.4, 0.5) is 5.69 Å². The number of aromatic nitrogens is 1. The standard InChI is InChI=1S/C36H32ClN2S2/c1-3-38-32(40-30-20-16-24-10-5-7-14-28(24)35(30)38)22-18-26-12-9-13-27(34(26)37)19-23-33-39(4-2)36-29-15-8-6-11-25(29)17-21-31(36)41-33/h5-8,10-11,14-23H,3-4,9,12-13H2,1-2H3/q+1. The van der Waals surface area contributed by atoms with E-state index in [1.165, 1.54) is 63.5 Å². The quantitative estimate of drug-likeness (QED) is 0.188. The lowest BCUT2D eigenvalue weighted by atomic mass is 9.94. The first-order valence-corrected chi connectivity index (χ1v) is 16.5. The summed E-state index contributed by atoms with van der Waals surface area (Å²) in [6.07, 6.45) is 12.2. The maximum absolute atomic E-state index is 7.08. The Morgan fingerprint density at radius 3 is 2.41 bits per heavy atom. The van der Waals surface area contributed by atoms with Gasteiger partial charge in [0.15, 0.2) is 0 Å². The largest absolute Gasteiger partial charge is 0.335 e. The van der Waals surface area contributed by atoms with Crippen LogP contribution in [-0.2, 0) is 6.54 Å². The summed E-state index contributed by atoms with van der Waals surface area (Å²) in [5.41, 5.74) is 5.12. The second-order valence-electron chi connectivity index (χ2n) is 10.5. The van der Waals surface area contributed by atoms with Crippen molar-refractivity contribution in [2.75, 3.05) is 11.4 Å². The van der Waals surface area contributed by atoms with Crippen LogP contribution in [0.3, 0.4) is 0 Å². The molecule has 2 heterocycles. The lowest BCUT2D eigenvalue weighted by molar-refractivity contribution is -0.664. The summed E-state index contributed by atoms with van der Waals surface area (Å²) in [4.78, 5) is 3.76. The summed E-state index contributed by atoms with van der Waals surface area (Å²) in [5.74, 6) is 0. The summed E-state index contributed by atoms with van der Waals surface area (Å²) < 4.78 is 3.76. The molecule has 1 aromatic heterocycles. The number of rotatable bonds is 5. The lowest BCUT2D eigenvalue weighted by Crippen LogP contribution is -2.33. The number of nitrogens with zero attached hydrogens (tertiary/aromatic N) is 2. The third kappa shape index (κ3) is 4.72. The van der Waals surface area contributed by atoms with Gasteiger partial charge in [-0.1, -0.05) is 101 Å². The molecule has 1 aliphatic heterocycles. The molecule has 2 aliphatic rings. The van der Waals surface area contributed by atoms with Gasteiger partial charge in [-0.3, -0.25) is 0 Å². The van der Waals surface area contributed by atoms with Crippen molar-refractivity contribution in [3.63, 3.8) is 0 Å². The number of aryl methyl sites for hydroxylation is 1. The fourth-order valence-electron chi connectivity index (χ4n) is 6.18. The Balaban J connectivity index is 1.21. The molecule has 0 saturated carbocycles. The second kappa shape index (κ2) is 11.2. The number of benzene rings is 4. The molecule has 0 unspecified atom stereocenters. The van der Waals surface area contributed by atoms with Crippen LogP contribution < -0.4 is 9.47 Å². The molecule has 2 nitrogen and oxygen atoms in total. The zero-order chi connectivity index (χ0) is 27.9. The monoisotopic (exact) mass is 591 g/mol. The Kier molecular flexibility index (Phi) is 7.24. The van der Waals surface area contributed by atoms with Gasteiger partial charge >= 0.3 is 0 Å². The van der Waals surface area contributed by atoms with Gasteiger partial charge in [-0.05, 0) is 79.3 Å². The molecular formula is C36H32ClN2S2+. The Morgan fingerprint density at radius 2 is 1.61 bits per heavy atom. The molecule has 1 aliphatic carbocycles. The predicted molar refractivity (Wildman–Crippen MR) is 180 cm³/mol. The Bertz CT molecular complexity index is 1940. The molecule has 7 rings (SSSR count). The first kappa shape index (κ1) is 26.6. The van der Waals surface area contributed by atoms with E-state index in [-0.39, 0.29) is 0 Å². The van der Waals surface area contributed by atoms with Crippen molar-refractivity contribution in [3.8, 4) is 0 Å². The minimum Gasteiger partial charge on any atom is -0.335 e. The summed E-state index contributed by atoms with van der Waals surface area (Å²) in [6, 6.07) is 26.3.